The van der Waals surface area contributed by atoms with E-state index in [1.807, 2.05) is 7.05 Å². The van der Waals surface area contributed by atoms with E-state index in [4.69, 9.17) is 0 Å². The average molecular weight is 299 g/mol. The summed E-state index contributed by atoms with van der Waals surface area (Å²) in [5.74, 6) is 0. The van der Waals surface area contributed by atoms with Crippen molar-refractivity contribution in [1.29, 1.82) is 0 Å². The summed E-state index contributed by atoms with van der Waals surface area (Å²) < 4.78 is 26.8. The predicted molar refractivity (Wildman–Crippen MR) is 83.6 cm³/mol. The summed E-state index contributed by atoms with van der Waals surface area (Å²) in [5.41, 5.74) is 0.889. The second-order valence-electron chi connectivity index (χ2n) is 4.91. The molecule has 5 nitrogen and oxygen atoms in total. The molecule has 0 heterocycles. The van der Waals surface area contributed by atoms with Crippen molar-refractivity contribution in [1.82, 2.24) is 9.62 Å². The smallest absolute Gasteiger partial charge is 0.240 e. The van der Waals surface area contributed by atoms with Crippen LogP contribution in [-0.4, -0.2) is 46.5 Å². The molecule has 1 atom stereocenters. The number of benzene rings is 1. The summed E-state index contributed by atoms with van der Waals surface area (Å²) in [5, 5.41) is 2.96. The van der Waals surface area contributed by atoms with Gasteiger partial charge < -0.3 is 10.2 Å². The molecule has 1 aromatic carbocycles. The van der Waals surface area contributed by atoms with Gasteiger partial charge in [0, 0.05) is 31.9 Å². The van der Waals surface area contributed by atoms with E-state index >= 15 is 0 Å². The average Bonchev–Trinajstić information content (AvgIpc) is 2.46. The Hall–Kier alpha value is -1.11. The van der Waals surface area contributed by atoms with Gasteiger partial charge >= 0.3 is 0 Å². The second kappa shape index (κ2) is 7.61. The van der Waals surface area contributed by atoms with Crippen LogP contribution < -0.4 is 10.0 Å². The van der Waals surface area contributed by atoms with Gasteiger partial charge in [0.15, 0.2) is 0 Å². The van der Waals surface area contributed by atoms with Crippen molar-refractivity contribution in [2.45, 2.75) is 31.2 Å². The zero-order valence-corrected chi connectivity index (χ0v) is 13.5. The van der Waals surface area contributed by atoms with E-state index in [2.05, 4.69) is 28.8 Å². The van der Waals surface area contributed by atoms with Gasteiger partial charge in [-0.25, -0.2) is 13.1 Å². The SMILES string of the molecule is CCC(C)N(C)CCNS(=O)(=O)c1ccc(NC)cc1. The van der Waals surface area contributed by atoms with Crippen LogP contribution in [0.15, 0.2) is 29.2 Å². The van der Waals surface area contributed by atoms with Crippen molar-refractivity contribution in [3.05, 3.63) is 24.3 Å². The first-order valence-electron chi connectivity index (χ1n) is 6.88. The minimum absolute atomic E-state index is 0.294. The standard InChI is InChI=1S/C14H25N3O2S/c1-5-12(2)17(4)11-10-16-20(18,19)14-8-6-13(15-3)7-9-14/h6-9,12,15-16H,5,10-11H2,1-4H3. The number of likely N-dealkylation sites (N-methyl/N-ethyl adjacent to an activating group) is 1. The van der Waals surface area contributed by atoms with Crippen LogP contribution in [0, 0.1) is 0 Å². The molecule has 0 radical (unpaired) electrons. The van der Waals surface area contributed by atoms with Gasteiger partial charge in [-0.1, -0.05) is 6.92 Å². The van der Waals surface area contributed by atoms with Crippen LogP contribution in [0.4, 0.5) is 5.69 Å². The maximum absolute atomic E-state index is 12.1. The maximum Gasteiger partial charge on any atom is 0.240 e. The Bertz CT molecular complexity index is 500. The van der Waals surface area contributed by atoms with Crippen molar-refractivity contribution in [2.24, 2.45) is 0 Å². The zero-order valence-electron chi connectivity index (χ0n) is 12.7. The van der Waals surface area contributed by atoms with E-state index in [1.54, 1.807) is 31.3 Å². The molecular weight excluding hydrogens is 274 g/mol. The van der Waals surface area contributed by atoms with Gasteiger partial charge in [-0.05, 0) is 44.7 Å². The van der Waals surface area contributed by atoms with Gasteiger partial charge in [0.1, 0.15) is 0 Å². The molecule has 114 valence electrons. The van der Waals surface area contributed by atoms with Crippen LogP contribution >= 0.6 is 0 Å². The highest BCUT2D eigenvalue weighted by molar-refractivity contribution is 7.89. The normalized spacial score (nSPS) is 13.4. The van der Waals surface area contributed by atoms with Gasteiger partial charge in [-0.15, -0.1) is 0 Å². The van der Waals surface area contributed by atoms with Crippen LogP contribution in [0.25, 0.3) is 0 Å². The molecule has 1 aromatic rings. The molecule has 0 saturated heterocycles. The number of nitrogens with zero attached hydrogens (tertiary/aromatic N) is 1. The van der Waals surface area contributed by atoms with E-state index in [0.29, 0.717) is 24.0 Å². The molecule has 1 unspecified atom stereocenters. The van der Waals surface area contributed by atoms with Crippen molar-refractivity contribution in [3.63, 3.8) is 0 Å². The van der Waals surface area contributed by atoms with E-state index < -0.39 is 10.0 Å². The van der Waals surface area contributed by atoms with E-state index in [0.717, 1.165) is 12.1 Å². The first-order chi connectivity index (χ1) is 9.40. The number of nitrogens with one attached hydrogen (secondary N) is 2. The maximum atomic E-state index is 12.1. The molecule has 0 fully saturated rings. The highest BCUT2D eigenvalue weighted by Gasteiger charge is 2.14. The fraction of sp³-hybridized carbons (Fsp3) is 0.571. The Balaban J connectivity index is 2.57. The summed E-state index contributed by atoms with van der Waals surface area (Å²) >= 11 is 0. The van der Waals surface area contributed by atoms with E-state index in [1.165, 1.54) is 0 Å². The fourth-order valence-electron chi connectivity index (χ4n) is 1.77. The van der Waals surface area contributed by atoms with Crippen LogP contribution in [0.2, 0.25) is 0 Å². The number of sulfonamides is 1. The molecule has 6 heteroatoms. The van der Waals surface area contributed by atoms with Crippen LogP contribution in [0.5, 0.6) is 0 Å². The third-order valence-electron chi connectivity index (χ3n) is 3.55. The molecule has 0 aliphatic rings. The molecule has 1 rings (SSSR count). The summed E-state index contributed by atoms with van der Waals surface area (Å²) in [6, 6.07) is 7.16. The Morgan fingerprint density at radius 3 is 2.35 bits per heavy atom. The second-order valence-corrected chi connectivity index (χ2v) is 6.68. The van der Waals surface area contributed by atoms with Crippen molar-refractivity contribution in [3.8, 4) is 0 Å². The van der Waals surface area contributed by atoms with Gasteiger partial charge in [0.05, 0.1) is 4.90 Å². The number of anilines is 1. The minimum Gasteiger partial charge on any atom is -0.388 e. The predicted octanol–water partition coefficient (Wildman–Crippen LogP) is 1.74. The molecule has 0 aliphatic carbocycles. The topological polar surface area (TPSA) is 61.4 Å². The number of hydrogen-bond acceptors (Lipinski definition) is 4. The first-order valence-corrected chi connectivity index (χ1v) is 8.36. The molecular formula is C14H25N3O2S. The van der Waals surface area contributed by atoms with Crippen LogP contribution in [0.1, 0.15) is 20.3 Å². The van der Waals surface area contributed by atoms with Crippen LogP contribution in [-0.2, 0) is 10.0 Å². The Kier molecular flexibility index (Phi) is 6.45. The van der Waals surface area contributed by atoms with Gasteiger partial charge in [0.2, 0.25) is 10.0 Å². The molecule has 0 aromatic heterocycles. The summed E-state index contributed by atoms with van der Waals surface area (Å²) in [7, 11) is 0.384. The third kappa shape index (κ3) is 4.77. The molecule has 0 bridgehead atoms. The summed E-state index contributed by atoms with van der Waals surface area (Å²) in [4.78, 5) is 2.44. The van der Waals surface area contributed by atoms with Crippen molar-refractivity contribution in [2.75, 3.05) is 32.5 Å². The summed E-state index contributed by atoms with van der Waals surface area (Å²) in [6.45, 7) is 5.36. The molecule has 20 heavy (non-hydrogen) atoms. The van der Waals surface area contributed by atoms with Gasteiger partial charge in [-0.2, -0.15) is 0 Å². The van der Waals surface area contributed by atoms with Gasteiger partial charge in [-0.3, -0.25) is 0 Å². The van der Waals surface area contributed by atoms with Gasteiger partial charge in [0.25, 0.3) is 0 Å². The molecule has 0 spiro atoms. The zero-order chi connectivity index (χ0) is 15.2. The van der Waals surface area contributed by atoms with E-state index in [-0.39, 0.29) is 0 Å². The quantitative estimate of drug-likeness (QED) is 0.767. The fourth-order valence-corrected chi connectivity index (χ4v) is 2.79. The Labute approximate surface area is 122 Å². The highest BCUT2D eigenvalue weighted by Crippen LogP contribution is 2.13. The molecule has 2 N–H and O–H groups in total. The first kappa shape index (κ1) is 16.9. The monoisotopic (exact) mass is 299 g/mol. The number of hydrogen-bond donors (Lipinski definition) is 2. The largest absolute Gasteiger partial charge is 0.388 e. The van der Waals surface area contributed by atoms with Crippen molar-refractivity contribution < 1.29 is 8.42 Å². The van der Waals surface area contributed by atoms with E-state index in [9.17, 15) is 8.42 Å². The molecule has 0 aliphatic heterocycles. The lowest BCUT2D eigenvalue weighted by molar-refractivity contribution is 0.256. The molecule has 0 amide bonds. The summed E-state index contributed by atoms with van der Waals surface area (Å²) in [6.07, 6.45) is 1.05. The third-order valence-corrected chi connectivity index (χ3v) is 5.03. The Morgan fingerprint density at radius 1 is 1.25 bits per heavy atom. The number of rotatable bonds is 8. The molecule has 0 saturated carbocycles. The Morgan fingerprint density at radius 2 is 1.85 bits per heavy atom. The lowest BCUT2D eigenvalue weighted by Gasteiger charge is -2.23. The van der Waals surface area contributed by atoms with Crippen LogP contribution in [0.3, 0.4) is 0 Å². The lowest BCUT2D eigenvalue weighted by Crippen LogP contribution is -2.37. The lowest BCUT2D eigenvalue weighted by atomic mass is 10.2. The highest BCUT2D eigenvalue weighted by atomic mass is 32.2. The van der Waals surface area contributed by atoms with Crippen molar-refractivity contribution >= 4 is 15.7 Å². The minimum atomic E-state index is -3.42.